The van der Waals surface area contributed by atoms with Gasteiger partial charge in [0.2, 0.25) is 0 Å². The second kappa shape index (κ2) is 7.02. The van der Waals surface area contributed by atoms with Gasteiger partial charge in [0.1, 0.15) is 11.6 Å². The maximum absolute atomic E-state index is 14.2. The number of likely N-dealkylation sites (N-methyl/N-ethyl adjacent to an activating group) is 2. The Hall–Kier alpha value is -1.17. The zero-order valence-electron chi connectivity index (χ0n) is 12.4. The largest absolute Gasteiger partial charge is 0.497 e. The van der Waals surface area contributed by atoms with E-state index in [9.17, 15) is 4.39 Å². The van der Waals surface area contributed by atoms with E-state index in [4.69, 9.17) is 9.47 Å². The van der Waals surface area contributed by atoms with Crippen LogP contribution in [0.5, 0.6) is 5.75 Å². The molecule has 0 amide bonds. The molecule has 1 aliphatic heterocycles. The summed E-state index contributed by atoms with van der Waals surface area (Å²) < 4.78 is 25.1. The van der Waals surface area contributed by atoms with Crippen LogP contribution in [0.4, 0.5) is 4.39 Å². The zero-order valence-corrected chi connectivity index (χ0v) is 12.4. The van der Waals surface area contributed by atoms with Crippen LogP contribution in [0.15, 0.2) is 18.2 Å². The lowest BCUT2D eigenvalue weighted by Crippen LogP contribution is -2.47. The van der Waals surface area contributed by atoms with Gasteiger partial charge in [-0.2, -0.15) is 0 Å². The van der Waals surface area contributed by atoms with Gasteiger partial charge in [0.05, 0.1) is 25.9 Å². The van der Waals surface area contributed by atoms with Crippen LogP contribution in [-0.2, 0) is 4.74 Å². The van der Waals surface area contributed by atoms with Crippen LogP contribution in [-0.4, -0.2) is 51.4 Å². The number of halogens is 1. The van der Waals surface area contributed by atoms with E-state index in [0.717, 1.165) is 19.6 Å². The van der Waals surface area contributed by atoms with E-state index in [1.54, 1.807) is 12.1 Å². The SMILES string of the molecule is CCN1CCOC(C(NC)c2ccc(OC)cc2F)C1. The molecule has 1 aliphatic rings. The number of hydrogen-bond donors (Lipinski definition) is 1. The van der Waals surface area contributed by atoms with Gasteiger partial charge in [-0.25, -0.2) is 4.39 Å². The molecular formula is C15H23FN2O2. The van der Waals surface area contributed by atoms with Crippen molar-refractivity contribution in [1.82, 2.24) is 10.2 Å². The molecule has 1 saturated heterocycles. The van der Waals surface area contributed by atoms with Crippen molar-refractivity contribution in [3.63, 3.8) is 0 Å². The first-order chi connectivity index (χ1) is 9.69. The van der Waals surface area contributed by atoms with Gasteiger partial charge in [-0.05, 0) is 19.7 Å². The third-order valence-corrected chi connectivity index (χ3v) is 3.85. The van der Waals surface area contributed by atoms with Crippen LogP contribution in [0.3, 0.4) is 0 Å². The molecule has 0 aromatic heterocycles. The lowest BCUT2D eigenvalue weighted by molar-refractivity contribution is -0.0449. The highest BCUT2D eigenvalue weighted by atomic mass is 19.1. The van der Waals surface area contributed by atoms with E-state index in [2.05, 4.69) is 17.1 Å². The van der Waals surface area contributed by atoms with E-state index in [-0.39, 0.29) is 18.0 Å². The smallest absolute Gasteiger partial charge is 0.131 e. The predicted molar refractivity (Wildman–Crippen MR) is 76.6 cm³/mol. The average molecular weight is 282 g/mol. The molecule has 0 saturated carbocycles. The fourth-order valence-electron chi connectivity index (χ4n) is 2.65. The maximum atomic E-state index is 14.2. The Morgan fingerprint density at radius 2 is 2.35 bits per heavy atom. The number of nitrogens with zero attached hydrogens (tertiary/aromatic N) is 1. The molecule has 2 atom stereocenters. The van der Waals surface area contributed by atoms with Crippen molar-refractivity contribution in [2.45, 2.75) is 19.1 Å². The first-order valence-corrected chi connectivity index (χ1v) is 7.04. The fourth-order valence-corrected chi connectivity index (χ4v) is 2.65. The Morgan fingerprint density at radius 1 is 1.55 bits per heavy atom. The summed E-state index contributed by atoms with van der Waals surface area (Å²) in [5.41, 5.74) is 0.622. The minimum Gasteiger partial charge on any atom is -0.497 e. The highest BCUT2D eigenvalue weighted by molar-refractivity contribution is 5.31. The molecule has 1 aromatic rings. The van der Waals surface area contributed by atoms with Crippen LogP contribution in [0.2, 0.25) is 0 Å². The summed E-state index contributed by atoms with van der Waals surface area (Å²) in [6.07, 6.45) is -0.0448. The second-order valence-corrected chi connectivity index (χ2v) is 4.96. The van der Waals surface area contributed by atoms with Crippen LogP contribution in [0.1, 0.15) is 18.5 Å². The molecule has 1 aromatic carbocycles. The number of methoxy groups -OCH3 is 1. The minimum atomic E-state index is -0.263. The number of nitrogens with one attached hydrogen (secondary N) is 1. The molecule has 0 aliphatic carbocycles. The van der Waals surface area contributed by atoms with Crippen molar-refractivity contribution in [2.75, 3.05) is 40.4 Å². The van der Waals surface area contributed by atoms with E-state index < -0.39 is 0 Å². The van der Waals surface area contributed by atoms with E-state index >= 15 is 0 Å². The van der Waals surface area contributed by atoms with Gasteiger partial charge in [0, 0.05) is 24.7 Å². The maximum Gasteiger partial charge on any atom is 0.131 e. The molecule has 1 heterocycles. The quantitative estimate of drug-likeness (QED) is 0.893. The van der Waals surface area contributed by atoms with Gasteiger partial charge >= 0.3 is 0 Å². The highest BCUT2D eigenvalue weighted by Crippen LogP contribution is 2.27. The summed E-state index contributed by atoms with van der Waals surface area (Å²) in [4.78, 5) is 2.32. The molecule has 0 spiro atoms. The zero-order chi connectivity index (χ0) is 14.5. The molecule has 2 unspecified atom stereocenters. The predicted octanol–water partition coefficient (Wildman–Crippen LogP) is 1.82. The van der Waals surface area contributed by atoms with E-state index in [0.29, 0.717) is 17.9 Å². The fraction of sp³-hybridized carbons (Fsp3) is 0.600. The van der Waals surface area contributed by atoms with Crippen molar-refractivity contribution < 1.29 is 13.9 Å². The molecule has 20 heavy (non-hydrogen) atoms. The average Bonchev–Trinajstić information content (AvgIpc) is 2.49. The Balaban J connectivity index is 2.19. The summed E-state index contributed by atoms with van der Waals surface area (Å²) in [7, 11) is 3.37. The van der Waals surface area contributed by atoms with Crippen molar-refractivity contribution in [2.24, 2.45) is 0 Å². The van der Waals surface area contributed by atoms with E-state index in [1.807, 2.05) is 7.05 Å². The summed E-state index contributed by atoms with van der Waals surface area (Å²) in [6, 6.07) is 4.81. The number of morpholine rings is 1. The third-order valence-electron chi connectivity index (χ3n) is 3.85. The Labute approximate surface area is 119 Å². The molecule has 4 nitrogen and oxygen atoms in total. The van der Waals surface area contributed by atoms with Gasteiger partial charge < -0.3 is 14.8 Å². The van der Waals surface area contributed by atoms with Gasteiger partial charge in [0.15, 0.2) is 0 Å². The third kappa shape index (κ3) is 3.29. The first kappa shape index (κ1) is 15.2. The Bertz CT molecular complexity index is 442. The molecule has 0 radical (unpaired) electrons. The van der Waals surface area contributed by atoms with Gasteiger partial charge in [0.25, 0.3) is 0 Å². The molecule has 2 rings (SSSR count). The molecule has 0 bridgehead atoms. The molecule has 5 heteroatoms. The molecular weight excluding hydrogens is 259 g/mol. The lowest BCUT2D eigenvalue weighted by atomic mass is 9.99. The van der Waals surface area contributed by atoms with Crippen molar-refractivity contribution in [1.29, 1.82) is 0 Å². The van der Waals surface area contributed by atoms with Crippen LogP contribution < -0.4 is 10.1 Å². The van der Waals surface area contributed by atoms with Gasteiger partial charge in [-0.3, -0.25) is 4.90 Å². The van der Waals surface area contributed by atoms with Gasteiger partial charge in [-0.1, -0.05) is 13.0 Å². The van der Waals surface area contributed by atoms with Crippen LogP contribution in [0.25, 0.3) is 0 Å². The monoisotopic (exact) mass is 282 g/mol. The standard InChI is InChI=1S/C15H23FN2O2/c1-4-18-7-8-20-14(10-18)15(17-2)12-6-5-11(19-3)9-13(12)16/h5-6,9,14-15,17H,4,7-8,10H2,1-3H3. The second-order valence-electron chi connectivity index (χ2n) is 4.96. The van der Waals surface area contributed by atoms with Crippen molar-refractivity contribution >= 4 is 0 Å². The Morgan fingerprint density at radius 3 is 2.95 bits per heavy atom. The van der Waals surface area contributed by atoms with Crippen molar-refractivity contribution in [3.8, 4) is 5.75 Å². The lowest BCUT2D eigenvalue weighted by Gasteiger charge is -2.36. The highest BCUT2D eigenvalue weighted by Gasteiger charge is 2.29. The van der Waals surface area contributed by atoms with Crippen molar-refractivity contribution in [3.05, 3.63) is 29.6 Å². The molecule has 1 fully saturated rings. The topological polar surface area (TPSA) is 33.7 Å². The van der Waals surface area contributed by atoms with E-state index in [1.165, 1.54) is 13.2 Å². The Kier molecular flexibility index (Phi) is 5.34. The summed E-state index contributed by atoms with van der Waals surface area (Å²) in [5.74, 6) is 0.266. The molecule has 112 valence electrons. The summed E-state index contributed by atoms with van der Waals surface area (Å²) in [6.45, 7) is 5.56. The molecule has 1 N–H and O–H groups in total. The van der Waals surface area contributed by atoms with Gasteiger partial charge in [-0.15, -0.1) is 0 Å². The van der Waals surface area contributed by atoms with Crippen LogP contribution >= 0.6 is 0 Å². The minimum absolute atomic E-state index is 0.0448. The number of rotatable bonds is 5. The van der Waals surface area contributed by atoms with Crippen LogP contribution in [0, 0.1) is 5.82 Å². The number of ether oxygens (including phenoxy) is 2. The normalized spacial score (nSPS) is 21.7. The number of hydrogen-bond acceptors (Lipinski definition) is 4. The first-order valence-electron chi connectivity index (χ1n) is 7.04. The summed E-state index contributed by atoms with van der Waals surface area (Å²) in [5, 5.41) is 3.18. The number of benzene rings is 1. The summed E-state index contributed by atoms with van der Waals surface area (Å²) >= 11 is 0.